The van der Waals surface area contributed by atoms with Gasteiger partial charge in [-0.2, -0.15) is 26.3 Å². The molecule has 164 valence electrons. The summed E-state index contributed by atoms with van der Waals surface area (Å²) in [4.78, 5) is 12.3. The van der Waals surface area contributed by atoms with Gasteiger partial charge in [-0.05, 0) is 30.7 Å². The highest BCUT2D eigenvalue weighted by molar-refractivity contribution is 5.94. The van der Waals surface area contributed by atoms with Crippen molar-refractivity contribution < 1.29 is 41.0 Å². The number of carbonyl (C=O) groups excluding carboxylic acids is 1. The zero-order valence-electron chi connectivity index (χ0n) is 15.8. The molecule has 10 heteroatoms. The molecule has 0 aromatic heterocycles. The van der Waals surface area contributed by atoms with Crippen LogP contribution in [0.4, 0.5) is 26.3 Å². The molecule has 2 N–H and O–H groups in total. The lowest BCUT2D eigenvalue weighted by molar-refractivity contribution is -0.143. The normalized spacial score (nSPS) is 13.2. The standard InChI is InChI=1S/C20H19F6NO3/c1-12-2-4-13(5-3-12)17(30-7-6-28)11-27-18(29)14-8-15(19(21,22)23)10-16(9-14)20(24,25)26/h2-5,8-10,17,28H,6-7,11H2,1H3,(H,27,29). The van der Waals surface area contributed by atoms with Crippen molar-refractivity contribution in [3.8, 4) is 0 Å². The highest BCUT2D eigenvalue weighted by atomic mass is 19.4. The van der Waals surface area contributed by atoms with Gasteiger partial charge in [0.2, 0.25) is 0 Å². The number of aryl methyl sites for hydroxylation is 1. The van der Waals surface area contributed by atoms with Crippen molar-refractivity contribution >= 4 is 5.91 Å². The zero-order valence-corrected chi connectivity index (χ0v) is 15.8. The maximum atomic E-state index is 13.0. The third kappa shape index (κ3) is 6.46. The van der Waals surface area contributed by atoms with Crippen molar-refractivity contribution in [2.45, 2.75) is 25.4 Å². The number of aliphatic hydroxyl groups excluding tert-OH is 1. The minimum atomic E-state index is -5.05. The Morgan fingerprint density at radius 1 is 1.00 bits per heavy atom. The maximum absolute atomic E-state index is 13.0. The number of alkyl halides is 6. The van der Waals surface area contributed by atoms with E-state index < -0.39 is 41.1 Å². The summed E-state index contributed by atoms with van der Waals surface area (Å²) < 4.78 is 83.2. The van der Waals surface area contributed by atoms with E-state index in [1.807, 2.05) is 6.92 Å². The summed E-state index contributed by atoms with van der Waals surface area (Å²) in [6.45, 7) is 1.25. The van der Waals surface area contributed by atoms with E-state index in [-0.39, 0.29) is 25.8 Å². The number of carbonyl (C=O) groups is 1. The number of nitrogens with one attached hydrogen (secondary N) is 1. The smallest absolute Gasteiger partial charge is 0.394 e. The molecule has 0 saturated heterocycles. The quantitative estimate of drug-likeness (QED) is 0.630. The first kappa shape index (κ1) is 23.7. The van der Waals surface area contributed by atoms with Crippen molar-refractivity contribution in [1.82, 2.24) is 5.32 Å². The van der Waals surface area contributed by atoms with E-state index in [1.54, 1.807) is 24.3 Å². The van der Waals surface area contributed by atoms with Crippen LogP contribution >= 0.6 is 0 Å². The molecule has 2 aromatic rings. The molecule has 0 radical (unpaired) electrons. The highest BCUT2D eigenvalue weighted by Gasteiger charge is 2.37. The Kier molecular flexibility index (Phi) is 7.49. The molecule has 0 fully saturated rings. The summed E-state index contributed by atoms with van der Waals surface area (Å²) in [7, 11) is 0. The minimum Gasteiger partial charge on any atom is -0.394 e. The van der Waals surface area contributed by atoms with Gasteiger partial charge >= 0.3 is 12.4 Å². The molecule has 30 heavy (non-hydrogen) atoms. The molecule has 0 aliphatic carbocycles. The Morgan fingerprint density at radius 3 is 2.00 bits per heavy atom. The van der Waals surface area contributed by atoms with E-state index in [0.717, 1.165) is 5.56 Å². The van der Waals surface area contributed by atoms with Crippen LogP contribution in [-0.2, 0) is 17.1 Å². The molecular weight excluding hydrogens is 416 g/mol. The average Bonchev–Trinajstić information content (AvgIpc) is 2.67. The van der Waals surface area contributed by atoms with Gasteiger partial charge in [-0.1, -0.05) is 29.8 Å². The van der Waals surface area contributed by atoms with Crippen LogP contribution in [0.2, 0.25) is 0 Å². The molecule has 0 spiro atoms. The number of hydrogen-bond acceptors (Lipinski definition) is 3. The molecule has 0 bridgehead atoms. The first-order chi connectivity index (χ1) is 13.9. The lowest BCUT2D eigenvalue weighted by atomic mass is 10.0. The summed E-state index contributed by atoms with van der Waals surface area (Å²) in [5.41, 5.74) is -2.35. The summed E-state index contributed by atoms with van der Waals surface area (Å²) in [5.74, 6) is -1.11. The fourth-order valence-electron chi connectivity index (χ4n) is 2.62. The second-order valence-electron chi connectivity index (χ2n) is 6.50. The van der Waals surface area contributed by atoms with Crippen LogP contribution in [0.15, 0.2) is 42.5 Å². The van der Waals surface area contributed by atoms with Crippen LogP contribution in [-0.4, -0.2) is 30.8 Å². The molecule has 1 unspecified atom stereocenters. The van der Waals surface area contributed by atoms with Gasteiger partial charge in [-0.3, -0.25) is 4.79 Å². The Bertz CT molecular complexity index is 830. The van der Waals surface area contributed by atoms with Crippen LogP contribution in [0.1, 0.15) is 38.7 Å². The monoisotopic (exact) mass is 435 g/mol. The SMILES string of the molecule is Cc1ccc(C(CNC(=O)c2cc(C(F)(F)F)cc(C(F)(F)F)c2)OCCO)cc1. The predicted octanol–water partition coefficient (Wildman–Crippen LogP) is 4.51. The number of ether oxygens (including phenoxy) is 1. The summed E-state index contributed by atoms with van der Waals surface area (Å²) >= 11 is 0. The number of rotatable bonds is 7. The molecule has 2 aromatic carbocycles. The first-order valence-corrected chi connectivity index (χ1v) is 8.78. The number of halogens is 6. The van der Waals surface area contributed by atoms with Crippen LogP contribution in [0.25, 0.3) is 0 Å². The zero-order chi connectivity index (χ0) is 22.5. The lowest BCUT2D eigenvalue weighted by Gasteiger charge is -2.19. The molecule has 0 saturated carbocycles. The second-order valence-corrected chi connectivity index (χ2v) is 6.50. The highest BCUT2D eigenvalue weighted by Crippen LogP contribution is 2.36. The Morgan fingerprint density at radius 2 is 1.53 bits per heavy atom. The van der Waals surface area contributed by atoms with Gasteiger partial charge in [0.05, 0.1) is 30.4 Å². The number of hydrogen-bond donors (Lipinski definition) is 2. The molecule has 2 rings (SSSR count). The number of benzene rings is 2. The molecule has 1 amide bonds. The third-order valence-corrected chi connectivity index (χ3v) is 4.16. The topological polar surface area (TPSA) is 58.6 Å². The number of aliphatic hydroxyl groups is 1. The van der Waals surface area contributed by atoms with Crippen LogP contribution in [0.3, 0.4) is 0 Å². The molecule has 1 atom stereocenters. The van der Waals surface area contributed by atoms with Crippen molar-refractivity contribution in [3.63, 3.8) is 0 Å². The van der Waals surface area contributed by atoms with E-state index in [0.29, 0.717) is 17.7 Å². The van der Waals surface area contributed by atoms with Gasteiger partial charge in [0.25, 0.3) is 5.91 Å². The average molecular weight is 435 g/mol. The third-order valence-electron chi connectivity index (χ3n) is 4.16. The molecule has 0 aliphatic rings. The van der Waals surface area contributed by atoms with Crippen LogP contribution < -0.4 is 5.32 Å². The van der Waals surface area contributed by atoms with Crippen molar-refractivity contribution in [2.75, 3.05) is 19.8 Å². The van der Waals surface area contributed by atoms with E-state index >= 15 is 0 Å². The Balaban J connectivity index is 2.25. The van der Waals surface area contributed by atoms with E-state index in [4.69, 9.17) is 9.84 Å². The van der Waals surface area contributed by atoms with Crippen LogP contribution in [0, 0.1) is 6.92 Å². The molecule has 4 nitrogen and oxygen atoms in total. The second kappa shape index (κ2) is 9.48. The first-order valence-electron chi connectivity index (χ1n) is 8.78. The van der Waals surface area contributed by atoms with Crippen LogP contribution in [0.5, 0.6) is 0 Å². The Hall–Kier alpha value is -2.59. The fraction of sp³-hybridized carbons (Fsp3) is 0.350. The summed E-state index contributed by atoms with van der Waals surface area (Å²) in [6, 6.07) is 7.63. The molecule has 0 aliphatic heterocycles. The van der Waals surface area contributed by atoms with Gasteiger partial charge < -0.3 is 15.2 Å². The van der Waals surface area contributed by atoms with E-state index in [1.165, 1.54) is 0 Å². The lowest BCUT2D eigenvalue weighted by Crippen LogP contribution is -2.30. The van der Waals surface area contributed by atoms with Gasteiger partial charge in [-0.25, -0.2) is 0 Å². The van der Waals surface area contributed by atoms with Gasteiger partial charge in [-0.15, -0.1) is 0 Å². The van der Waals surface area contributed by atoms with E-state index in [2.05, 4.69) is 5.32 Å². The Labute approximate surface area is 168 Å². The van der Waals surface area contributed by atoms with Crippen molar-refractivity contribution in [2.24, 2.45) is 0 Å². The molecular formula is C20H19F6NO3. The fourth-order valence-corrected chi connectivity index (χ4v) is 2.62. The number of amides is 1. The van der Waals surface area contributed by atoms with Gasteiger partial charge in [0.1, 0.15) is 0 Å². The predicted molar refractivity (Wildman–Crippen MR) is 95.7 cm³/mol. The van der Waals surface area contributed by atoms with Gasteiger partial charge in [0, 0.05) is 12.1 Å². The largest absolute Gasteiger partial charge is 0.416 e. The summed E-state index contributed by atoms with van der Waals surface area (Å²) in [6.07, 6.45) is -10.9. The van der Waals surface area contributed by atoms with E-state index in [9.17, 15) is 31.1 Å². The van der Waals surface area contributed by atoms with Crippen molar-refractivity contribution in [3.05, 3.63) is 70.3 Å². The minimum absolute atomic E-state index is 0.0454. The molecule has 0 heterocycles. The van der Waals surface area contributed by atoms with Crippen molar-refractivity contribution in [1.29, 1.82) is 0 Å². The maximum Gasteiger partial charge on any atom is 0.416 e. The summed E-state index contributed by atoms with van der Waals surface area (Å²) in [5, 5.41) is 11.2. The van der Waals surface area contributed by atoms with Gasteiger partial charge in [0.15, 0.2) is 0 Å².